The van der Waals surface area contributed by atoms with Crippen molar-refractivity contribution >= 4 is 40.2 Å². The molecule has 5 nitrogen and oxygen atoms in total. The number of carbonyl (C=O) groups excluding carboxylic acids is 2. The SMILES string of the molecule is CC(N)CCNC(=O)CCNC(=O)c1ccc(Br)cc1.Cl. The molecule has 0 radical (unpaired) electrons. The van der Waals surface area contributed by atoms with Crippen LogP contribution in [0.5, 0.6) is 0 Å². The zero-order valence-corrected chi connectivity index (χ0v) is 14.3. The molecule has 4 N–H and O–H groups in total. The van der Waals surface area contributed by atoms with Crippen LogP contribution in [0.25, 0.3) is 0 Å². The highest BCUT2D eigenvalue weighted by Gasteiger charge is 2.06. The number of nitrogens with two attached hydrogens (primary N) is 1. The number of benzene rings is 1. The van der Waals surface area contributed by atoms with Gasteiger partial charge < -0.3 is 16.4 Å². The van der Waals surface area contributed by atoms with Crippen molar-refractivity contribution in [1.29, 1.82) is 0 Å². The average molecular weight is 379 g/mol. The van der Waals surface area contributed by atoms with E-state index in [-0.39, 0.29) is 36.7 Å². The molecule has 1 atom stereocenters. The summed E-state index contributed by atoms with van der Waals surface area (Å²) >= 11 is 3.31. The Morgan fingerprint density at radius 1 is 1.19 bits per heavy atom. The Morgan fingerprint density at radius 2 is 1.81 bits per heavy atom. The maximum Gasteiger partial charge on any atom is 0.251 e. The van der Waals surface area contributed by atoms with Crippen molar-refractivity contribution in [3.63, 3.8) is 0 Å². The van der Waals surface area contributed by atoms with Crippen LogP contribution in [-0.2, 0) is 4.79 Å². The number of carbonyl (C=O) groups is 2. The van der Waals surface area contributed by atoms with E-state index in [0.717, 1.165) is 10.9 Å². The molecule has 7 heteroatoms. The normalized spacial score (nSPS) is 11.2. The molecule has 1 aromatic carbocycles. The summed E-state index contributed by atoms with van der Waals surface area (Å²) in [7, 11) is 0. The molecule has 0 heterocycles. The number of rotatable bonds is 7. The van der Waals surface area contributed by atoms with Gasteiger partial charge >= 0.3 is 0 Å². The van der Waals surface area contributed by atoms with E-state index in [1.54, 1.807) is 24.3 Å². The number of halogens is 2. The van der Waals surface area contributed by atoms with Gasteiger partial charge in [-0.05, 0) is 37.6 Å². The summed E-state index contributed by atoms with van der Waals surface area (Å²) in [5.74, 6) is -0.261. The second-order valence-electron chi connectivity index (χ2n) is 4.63. The summed E-state index contributed by atoms with van der Waals surface area (Å²) in [5, 5.41) is 5.47. The zero-order valence-electron chi connectivity index (χ0n) is 11.9. The van der Waals surface area contributed by atoms with Crippen molar-refractivity contribution in [2.75, 3.05) is 13.1 Å². The van der Waals surface area contributed by atoms with Crippen LogP contribution < -0.4 is 16.4 Å². The lowest BCUT2D eigenvalue weighted by Crippen LogP contribution is -2.32. The molecule has 0 saturated carbocycles. The third kappa shape index (κ3) is 8.70. The van der Waals surface area contributed by atoms with Crippen molar-refractivity contribution in [3.8, 4) is 0 Å². The van der Waals surface area contributed by atoms with E-state index in [0.29, 0.717) is 18.7 Å². The van der Waals surface area contributed by atoms with Gasteiger partial charge in [0, 0.05) is 35.6 Å². The van der Waals surface area contributed by atoms with E-state index < -0.39 is 0 Å². The number of hydrogen-bond donors (Lipinski definition) is 3. The molecule has 0 spiro atoms. The molecule has 0 bridgehead atoms. The molecule has 0 saturated heterocycles. The van der Waals surface area contributed by atoms with Gasteiger partial charge in [-0.2, -0.15) is 0 Å². The molecule has 0 aliphatic rings. The van der Waals surface area contributed by atoms with Crippen molar-refractivity contribution in [3.05, 3.63) is 34.3 Å². The molecule has 0 aliphatic heterocycles. The van der Waals surface area contributed by atoms with Crippen LogP contribution in [0.4, 0.5) is 0 Å². The molecule has 21 heavy (non-hydrogen) atoms. The monoisotopic (exact) mass is 377 g/mol. The Balaban J connectivity index is 0.00000400. The maximum absolute atomic E-state index is 11.8. The summed E-state index contributed by atoms with van der Waals surface area (Å²) in [5.41, 5.74) is 6.16. The van der Waals surface area contributed by atoms with Crippen LogP contribution in [0.1, 0.15) is 30.1 Å². The minimum Gasteiger partial charge on any atom is -0.356 e. The fourth-order valence-electron chi connectivity index (χ4n) is 1.52. The van der Waals surface area contributed by atoms with Gasteiger partial charge in [0.15, 0.2) is 0 Å². The lowest BCUT2D eigenvalue weighted by Gasteiger charge is -2.08. The van der Waals surface area contributed by atoms with Crippen molar-refractivity contribution < 1.29 is 9.59 Å². The van der Waals surface area contributed by atoms with E-state index in [1.807, 2.05) is 6.92 Å². The quantitative estimate of drug-likeness (QED) is 0.677. The summed E-state index contributed by atoms with van der Waals surface area (Å²) in [6, 6.07) is 7.13. The highest BCUT2D eigenvalue weighted by Crippen LogP contribution is 2.10. The fourth-order valence-corrected chi connectivity index (χ4v) is 1.78. The van der Waals surface area contributed by atoms with Crippen LogP contribution in [0.3, 0.4) is 0 Å². The molecule has 1 rings (SSSR count). The van der Waals surface area contributed by atoms with Gasteiger partial charge in [-0.15, -0.1) is 12.4 Å². The van der Waals surface area contributed by atoms with Crippen LogP contribution in [0, 0.1) is 0 Å². The molecule has 0 aliphatic carbocycles. The topological polar surface area (TPSA) is 84.2 Å². The van der Waals surface area contributed by atoms with Crippen LogP contribution in [0.15, 0.2) is 28.7 Å². The minimum atomic E-state index is -0.180. The second-order valence-corrected chi connectivity index (χ2v) is 5.54. The van der Waals surface area contributed by atoms with E-state index >= 15 is 0 Å². The lowest BCUT2D eigenvalue weighted by atomic mass is 10.2. The number of hydrogen-bond acceptors (Lipinski definition) is 3. The first-order valence-electron chi connectivity index (χ1n) is 6.55. The van der Waals surface area contributed by atoms with Crippen LogP contribution >= 0.6 is 28.3 Å². The predicted octanol–water partition coefficient (Wildman–Crippen LogP) is 1.84. The van der Waals surface area contributed by atoms with Crippen molar-refractivity contribution in [1.82, 2.24) is 10.6 Å². The Labute approximate surface area is 139 Å². The maximum atomic E-state index is 11.8. The Hall–Kier alpha value is -1.11. The Bertz CT molecular complexity index is 452. The van der Waals surface area contributed by atoms with Crippen molar-refractivity contribution in [2.24, 2.45) is 5.73 Å². The molecular formula is C14H21BrClN3O2. The standard InChI is InChI=1S/C14H20BrN3O2.ClH/c1-10(16)6-8-17-13(19)7-9-18-14(20)11-2-4-12(15)5-3-11;/h2-5,10H,6-9,16H2,1H3,(H,17,19)(H,18,20);1H. The van der Waals surface area contributed by atoms with E-state index in [2.05, 4.69) is 26.6 Å². The van der Waals surface area contributed by atoms with Gasteiger partial charge in [0.1, 0.15) is 0 Å². The lowest BCUT2D eigenvalue weighted by molar-refractivity contribution is -0.120. The van der Waals surface area contributed by atoms with Gasteiger partial charge in [0.25, 0.3) is 5.91 Å². The molecule has 1 aromatic rings. The van der Waals surface area contributed by atoms with Crippen LogP contribution in [-0.4, -0.2) is 30.9 Å². The molecule has 0 aromatic heterocycles. The Kier molecular flexibility index (Phi) is 10.0. The second kappa shape index (κ2) is 10.6. The first-order chi connectivity index (χ1) is 9.49. The van der Waals surface area contributed by atoms with E-state index in [4.69, 9.17) is 5.73 Å². The van der Waals surface area contributed by atoms with E-state index in [9.17, 15) is 9.59 Å². The summed E-state index contributed by atoms with van der Waals surface area (Å²) in [6.45, 7) is 2.78. The first kappa shape index (κ1) is 19.9. The number of amides is 2. The highest BCUT2D eigenvalue weighted by atomic mass is 79.9. The van der Waals surface area contributed by atoms with Gasteiger partial charge in [-0.3, -0.25) is 9.59 Å². The third-order valence-corrected chi connectivity index (χ3v) is 3.19. The van der Waals surface area contributed by atoms with E-state index in [1.165, 1.54) is 0 Å². The van der Waals surface area contributed by atoms with Gasteiger partial charge in [0.2, 0.25) is 5.91 Å². The molecule has 2 amide bonds. The van der Waals surface area contributed by atoms with Gasteiger partial charge in [-0.25, -0.2) is 0 Å². The molecule has 1 unspecified atom stereocenters. The fraction of sp³-hybridized carbons (Fsp3) is 0.429. The summed E-state index contributed by atoms with van der Waals surface area (Å²) in [6.07, 6.45) is 1.01. The van der Waals surface area contributed by atoms with Gasteiger partial charge in [-0.1, -0.05) is 15.9 Å². The first-order valence-corrected chi connectivity index (χ1v) is 7.34. The highest BCUT2D eigenvalue weighted by molar-refractivity contribution is 9.10. The van der Waals surface area contributed by atoms with Gasteiger partial charge in [0.05, 0.1) is 0 Å². The largest absolute Gasteiger partial charge is 0.356 e. The smallest absolute Gasteiger partial charge is 0.251 e. The summed E-state index contributed by atoms with van der Waals surface area (Å²) < 4.78 is 0.919. The van der Waals surface area contributed by atoms with Crippen molar-refractivity contribution in [2.45, 2.75) is 25.8 Å². The average Bonchev–Trinajstić information content (AvgIpc) is 2.39. The summed E-state index contributed by atoms with van der Waals surface area (Å²) in [4.78, 5) is 23.2. The third-order valence-electron chi connectivity index (χ3n) is 2.67. The molecule has 0 fully saturated rings. The van der Waals surface area contributed by atoms with Crippen LogP contribution in [0.2, 0.25) is 0 Å². The zero-order chi connectivity index (χ0) is 15.0. The Morgan fingerprint density at radius 3 is 2.38 bits per heavy atom. The minimum absolute atomic E-state index is 0. The predicted molar refractivity (Wildman–Crippen MR) is 89.6 cm³/mol. The molecule has 118 valence electrons. The molecular weight excluding hydrogens is 358 g/mol. The number of nitrogens with one attached hydrogen (secondary N) is 2.